The molecule has 0 amide bonds. The van der Waals surface area contributed by atoms with Crippen LogP contribution in [0.5, 0.6) is 0 Å². The molecule has 8 aromatic carbocycles. The molecule has 2 nitrogen and oxygen atoms in total. The molecule has 2 heteroatoms. The third-order valence-electron chi connectivity index (χ3n) is 9.26. The van der Waals surface area contributed by atoms with Crippen molar-refractivity contribution in [2.45, 2.75) is 0 Å². The molecule has 0 saturated carbocycles. The molecule has 0 saturated heterocycles. The molecule has 0 aliphatic heterocycles. The predicted molar refractivity (Wildman–Crippen MR) is 220 cm³/mol. The summed E-state index contributed by atoms with van der Waals surface area (Å²) in [5, 5.41) is 0. The van der Waals surface area contributed by atoms with Crippen LogP contribution >= 0.6 is 0 Å². The van der Waals surface area contributed by atoms with Crippen LogP contribution in [-0.4, -0.2) is 0 Å². The van der Waals surface area contributed by atoms with E-state index in [1.165, 1.54) is 11.1 Å². The molecule has 248 valence electrons. The first-order chi connectivity index (χ1) is 25.8. The number of para-hydroxylation sites is 4. The normalized spacial score (nSPS) is 11.4. The lowest BCUT2D eigenvalue weighted by molar-refractivity contribution is 1.28. The fourth-order valence-corrected chi connectivity index (χ4v) is 6.88. The van der Waals surface area contributed by atoms with Gasteiger partial charge in [0.05, 0.1) is 0 Å². The van der Waals surface area contributed by atoms with Gasteiger partial charge < -0.3 is 9.80 Å². The van der Waals surface area contributed by atoms with E-state index in [0.29, 0.717) is 0 Å². The van der Waals surface area contributed by atoms with Gasteiger partial charge >= 0.3 is 0 Å². The van der Waals surface area contributed by atoms with Gasteiger partial charge in [-0.2, -0.15) is 0 Å². The van der Waals surface area contributed by atoms with Crippen LogP contribution in [0.15, 0.2) is 231 Å². The molecule has 0 aliphatic carbocycles. The molecule has 0 heterocycles. The molecule has 8 aromatic rings. The van der Waals surface area contributed by atoms with Crippen molar-refractivity contribution in [1.29, 1.82) is 0 Å². The number of benzene rings is 8. The molecule has 0 fully saturated rings. The minimum absolute atomic E-state index is 1.10. The van der Waals surface area contributed by atoms with Gasteiger partial charge in [0.25, 0.3) is 0 Å². The second-order valence-electron chi connectivity index (χ2n) is 12.6. The third-order valence-corrected chi connectivity index (χ3v) is 9.26. The van der Waals surface area contributed by atoms with E-state index in [1.54, 1.807) is 0 Å². The molecule has 0 aliphatic rings. The summed E-state index contributed by atoms with van der Waals surface area (Å²) >= 11 is 0. The minimum atomic E-state index is 1.10. The van der Waals surface area contributed by atoms with Gasteiger partial charge in [-0.1, -0.05) is 158 Å². The molecular formula is C50H38N2. The predicted octanol–water partition coefficient (Wildman–Crippen LogP) is 13.6. The van der Waals surface area contributed by atoms with Gasteiger partial charge in [-0.3, -0.25) is 0 Å². The Hall–Kier alpha value is -6.90. The van der Waals surface area contributed by atoms with Gasteiger partial charge in [-0.25, -0.2) is 0 Å². The molecule has 0 N–H and O–H groups in total. The minimum Gasteiger partial charge on any atom is -0.311 e. The zero-order valence-electron chi connectivity index (χ0n) is 28.8. The van der Waals surface area contributed by atoms with E-state index in [0.717, 1.165) is 56.4 Å². The summed E-state index contributed by atoms with van der Waals surface area (Å²) in [6.45, 7) is 0. The van der Waals surface area contributed by atoms with Crippen LogP contribution in [0.4, 0.5) is 34.1 Å². The van der Waals surface area contributed by atoms with Crippen molar-refractivity contribution in [2.75, 3.05) is 9.80 Å². The molecular weight excluding hydrogens is 629 g/mol. The largest absolute Gasteiger partial charge is 0.311 e. The SMILES string of the molecule is c1ccc(/C(=C(/c2ccccc2)c2ccc(N(c3ccccc3)c3ccccc3)cc2)c2ccc(N(c3ccccc3)c3ccccc3)cc2)cc1. The second kappa shape index (κ2) is 15.3. The van der Waals surface area contributed by atoms with Gasteiger partial charge in [0, 0.05) is 34.1 Å². The van der Waals surface area contributed by atoms with Crippen LogP contribution in [0.3, 0.4) is 0 Å². The molecule has 0 aromatic heterocycles. The van der Waals surface area contributed by atoms with E-state index in [1.807, 2.05) is 0 Å². The summed E-state index contributed by atoms with van der Waals surface area (Å²) in [6.07, 6.45) is 0. The van der Waals surface area contributed by atoms with Gasteiger partial charge in [-0.15, -0.1) is 0 Å². The van der Waals surface area contributed by atoms with Gasteiger partial charge in [-0.05, 0) is 106 Å². The Morgan fingerprint density at radius 1 is 0.192 bits per heavy atom. The van der Waals surface area contributed by atoms with Crippen molar-refractivity contribution in [1.82, 2.24) is 0 Å². The van der Waals surface area contributed by atoms with Crippen molar-refractivity contribution >= 4 is 45.3 Å². The monoisotopic (exact) mass is 666 g/mol. The van der Waals surface area contributed by atoms with Crippen LogP contribution in [0.1, 0.15) is 22.3 Å². The fourth-order valence-electron chi connectivity index (χ4n) is 6.88. The zero-order chi connectivity index (χ0) is 35.0. The van der Waals surface area contributed by atoms with E-state index in [-0.39, 0.29) is 0 Å². The molecule has 0 atom stereocenters. The van der Waals surface area contributed by atoms with Crippen LogP contribution in [0.25, 0.3) is 11.1 Å². The molecule has 0 unspecified atom stereocenters. The van der Waals surface area contributed by atoms with Crippen molar-refractivity contribution < 1.29 is 0 Å². The number of nitrogens with zero attached hydrogens (tertiary/aromatic N) is 2. The topological polar surface area (TPSA) is 6.48 Å². The summed E-state index contributed by atoms with van der Waals surface area (Å²) in [7, 11) is 0. The van der Waals surface area contributed by atoms with E-state index in [9.17, 15) is 0 Å². The quantitative estimate of drug-likeness (QED) is 0.134. The van der Waals surface area contributed by atoms with Crippen molar-refractivity contribution in [3.63, 3.8) is 0 Å². The Morgan fingerprint density at radius 3 is 0.635 bits per heavy atom. The average molecular weight is 667 g/mol. The van der Waals surface area contributed by atoms with Crippen LogP contribution in [0, 0.1) is 0 Å². The summed E-state index contributed by atoms with van der Waals surface area (Å²) in [5.74, 6) is 0. The van der Waals surface area contributed by atoms with E-state index < -0.39 is 0 Å². The van der Waals surface area contributed by atoms with Gasteiger partial charge in [0.2, 0.25) is 0 Å². The number of hydrogen-bond acceptors (Lipinski definition) is 2. The highest BCUT2D eigenvalue weighted by Gasteiger charge is 2.19. The highest BCUT2D eigenvalue weighted by Crippen LogP contribution is 2.41. The highest BCUT2D eigenvalue weighted by atomic mass is 15.1. The van der Waals surface area contributed by atoms with Crippen molar-refractivity contribution in [3.05, 3.63) is 253 Å². The number of rotatable bonds is 10. The second-order valence-corrected chi connectivity index (χ2v) is 12.6. The standard InChI is InChI=1S/C50H38N2/c1-7-19-39(20-8-1)49(41-31-35-47(36-32-41)51(43-23-11-3-12-24-43)44-25-13-4-14-26-44)50(40-21-9-2-10-22-40)42-33-37-48(38-34-42)52(45-27-15-5-16-28-45)46-29-17-6-18-30-46/h1-38H/b50-49+. The first kappa shape index (κ1) is 32.3. The average Bonchev–Trinajstić information content (AvgIpc) is 3.23. The van der Waals surface area contributed by atoms with Crippen LogP contribution in [-0.2, 0) is 0 Å². The summed E-state index contributed by atoms with van der Waals surface area (Å²) < 4.78 is 0. The number of hydrogen-bond donors (Lipinski definition) is 0. The van der Waals surface area contributed by atoms with E-state index in [2.05, 4.69) is 240 Å². The maximum Gasteiger partial charge on any atom is 0.0462 e. The zero-order valence-corrected chi connectivity index (χ0v) is 28.8. The van der Waals surface area contributed by atoms with Crippen molar-refractivity contribution in [3.8, 4) is 0 Å². The van der Waals surface area contributed by atoms with Crippen LogP contribution in [0.2, 0.25) is 0 Å². The Balaban J connectivity index is 1.28. The lowest BCUT2D eigenvalue weighted by atomic mass is 9.85. The maximum atomic E-state index is 2.30. The lowest BCUT2D eigenvalue weighted by Crippen LogP contribution is -2.10. The third kappa shape index (κ3) is 6.92. The summed E-state index contributed by atoms with van der Waals surface area (Å²) in [6, 6.07) is 81.8. The Bertz CT molecular complexity index is 2090. The van der Waals surface area contributed by atoms with E-state index >= 15 is 0 Å². The Labute approximate surface area is 306 Å². The van der Waals surface area contributed by atoms with Gasteiger partial charge in [0.1, 0.15) is 0 Å². The molecule has 52 heavy (non-hydrogen) atoms. The first-order valence-electron chi connectivity index (χ1n) is 17.7. The Kier molecular flexibility index (Phi) is 9.53. The molecule has 0 radical (unpaired) electrons. The smallest absolute Gasteiger partial charge is 0.0462 e. The summed E-state index contributed by atoms with van der Waals surface area (Å²) in [4.78, 5) is 4.61. The van der Waals surface area contributed by atoms with Gasteiger partial charge in [0.15, 0.2) is 0 Å². The molecule has 0 spiro atoms. The van der Waals surface area contributed by atoms with E-state index in [4.69, 9.17) is 0 Å². The lowest BCUT2D eigenvalue weighted by Gasteiger charge is -2.26. The maximum absolute atomic E-state index is 2.30. The van der Waals surface area contributed by atoms with Crippen molar-refractivity contribution in [2.24, 2.45) is 0 Å². The first-order valence-corrected chi connectivity index (χ1v) is 17.7. The molecule has 8 rings (SSSR count). The Morgan fingerprint density at radius 2 is 0.385 bits per heavy atom. The number of anilines is 6. The molecule has 0 bridgehead atoms. The fraction of sp³-hybridized carbons (Fsp3) is 0. The summed E-state index contributed by atoms with van der Waals surface area (Å²) in [5.41, 5.74) is 13.6. The van der Waals surface area contributed by atoms with Crippen LogP contribution < -0.4 is 9.80 Å². The highest BCUT2D eigenvalue weighted by molar-refractivity contribution is 6.05.